The van der Waals surface area contributed by atoms with E-state index in [1.807, 2.05) is 0 Å². The fraction of sp³-hybridized carbons (Fsp3) is 0.400. The van der Waals surface area contributed by atoms with Crippen molar-refractivity contribution < 1.29 is 0 Å². The number of nitrogens with zero attached hydrogens (tertiary/aromatic N) is 2. The third kappa shape index (κ3) is 2.01. The molecule has 0 aliphatic carbocycles. The molecule has 0 atom stereocenters. The minimum absolute atomic E-state index is 0.559. The molecule has 15 heavy (non-hydrogen) atoms. The molecule has 1 N–H and O–H groups in total. The maximum Gasteiger partial charge on any atom is 0.143 e. The quantitative estimate of drug-likeness (QED) is 0.918. The minimum Gasteiger partial charge on any atom is -0.329 e. The van der Waals surface area contributed by atoms with Gasteiger partial charge >= 0.3 is 0 Å². The van der Waals surface area contributed by atoms with Gasteiger partial charge in [-0.3, -0.25) is 0 Å². The van der Waals surface area contributed by atoms with Crippen LogP contribution in [0.15, 0.2) is 10.8 Å². The van der Waals surface area contributed by atoms with E-state index >= 15 is 0 Å². The van der Waals surface area contributed by atoms with Crippen LogP contribution in [0, 0.1) is 5.92 Å². The molecule has 0 fully saturated rings. The average molecular weight is 289 g/mol. The van der Waals surface area contributed by atoms with E-state index in [1.165, 1.54) is 0 Å². The van der Waals surface area contributed by atoms with Gasteiger partial charge in [-0.15, -0.1) is 0 Å². The van der Waals surface area contributed by atoms with E-state index in [-0.39, 0.29) is 0 Å². The molecule has 0 aromatic carbocycles. The molecule has 0 aliphatic heterocycles. The number of rotatable bonds is 2. The first-order chi connectivity index (χ1) is 7.09. The number of fused-ring (bicyclic) bond motifs is 1. The first kappa shape index (κ1) is 10.9. The van der Waals surface area contributed by atoms with Crippen molar-refractivity contribution in [2.24, 2.45) is 5.92 Å². The van der Waals surface area contributed by atoms with E-state index in [2.05, 4.69) is 44.7 Å². The maximum atomic E-state index is 5.99. The lowest BCUT2D eigenvalue weighted by atomic mass is 10.1. The number of nitrogens with one attached hydrogen (secondary N) is 1. The summed E-state index contributed by atoms with van der Waals surface area (Å²) >= 11 is 9.44. The lowest BCUT2D eigenvalue weighted by Crippen LogP contribution is -1.98. The fourth-order valence-corrected chi connectivity index (χ4v) is 2.26. The smallest absolute Gasteiger partial charge is 0.143 e. The summed E-state index contributed by atoms with van der Waals surface area (Å²) < 4.78 is 0.857. The van der Waals surface area contributed by atoms with E-state index < -0.39 is 0 Å². The van der Waals surface area contributed by atoms with E-state index in [4.69, 9.17) is 11.6 Å². The second-order valence-electron chi connectivity index (χ2n) is 3.89. The first-order valence-electron chi connectivity index (χ1n) is 4.76. The highest BCUT2D eigenvalue weighted by Gasteiger charge is 2.13. The molecule has 2 aromatic rings. The molecule has 0 bridgehead atoms. The van der Waals surface area contributed by atoms with Gasteiger partial charge in [-0.25, -0.2) is 9.97 Å². The molecule has 0 aliphatic rings. The van der Waals surface area contributed by atoms with E-state index in [0.29, 0.717) is 11.1 Å². The van der Waals surface area contributed by atoms with Gasteiger partial charge in [0, 0.05) is 0 Å². The summed E-state index contributed by atoms with van der Waals surface area (Å²) in [5.74, 6) is 0.559. The Morgan fingerprint density at radius 2 is 2.20 bits per heavy atom. The molecule has 2 rings (SSSR count). The highest BCUT2D eigenvalue weighted by Crippen LogP contribution is 2.32. The third-order valence-electron chi connectivity index (χ3n) is 2.17. The van der Waals surface area contributed by atoms with Crippen LogP contribution < -0.4 is 0 Å². The molecule has 5 heteroatoms. The lowest BCUT2D eigenvalue weighted by Gasteiger charge is -2.04. The van der Waals surface area contributed by atoms with Crippen LogP contribution in [0.4, 0.5) is 0 Å². The molecule has 0 spiro atoms. The van der Waals surface area contributed by atoms with Gasteiger partial charge in [-0.2, -0.15) is 0 Å². The van der Waals surface area contributed by atoms with Crippen LogP contribution in [-0.4, -0.2) is 15.0 Å². The topological polar surface area (TPSA) is 41.6 Å². The van der Waals surface area contributed by atoms with Crippen molar-refractivity contribution in [1.82, 2.24) is 15.0 Å². The number of halogens is 2. The third-order valence-corrected chi connectivity index (χ3v) is 3.47. The van der Waals surface area contributed by atoms with Gasteiger partial charge in [0.05, 0.1) is 15.6 Å². The number of hydrogen-bond donors (Lipinski definition) is 1. The van der Waals surface area contributed by atoms with Gasteiger partial charge in [0.15, 0.2) is 0 Å². The zero-order chi connectivity index (χ0) is 11.0. The molecule has 0 saturated carbocycles. The average Bonchev–Trinajstić information content (AvgIpc) is 2.43. The molecular formula is C10H11BrClN3. The highest BCUT2D eigenvalue weighted by atomic mass is 79.9. The van der Waals surface area contributed by atoms with Gasteiger partial charge in [0.1, 0.15) is 17.1 Å². The zero-order valence-electron chi connectivity index (χ0n) is 8.51. The predicted molar refractivity (Wildman–Crippen MR) is 65.1 cm³/mol. The van der Waals surface area contributed by atoms with Gasteiger partial charge in [-0.1, -0.05) is 25.4 Å². The van der Waals surface area contributed by atoms with E-state index in [9.17, 15) is 0 Å². The van der Waals surface area contributed by atoms with Crippen LogP contribution in [0.1, 0.15) is 19.5 Å². The van der Waals surface area contributed by atoms with Crippen molar-refractivity contribution in [3.05, 3.63) is 21.6 Å². The molecule has 3 nitrogen and oxygen atoms in total. The molecule has 80 valence electrons. The Labute approximate surface area is 101 Å². The fourth-order valence-electron chi connectivity index (χ4n) is 1.56. The van der Waals surface area contributed by atoms with Gasteiger partial charge < -0.3 is 4.98 Å². The van der Waals surface area contributed by atoms with Crippen LogP contribution in [0.2, 0.25) is 5.15 Å². The molecule has 0 unspecified atom stereocenters. The summed E-state index contributed by atoms with van der Waals surface area (Å²) in [6, 6.07) is 0. The van der Waals surface area contributed by atoms with Crippen molar-refractivity contribution in [1.29, 1.82) is 0 Å². The minimum atomic E-state index is 0.559. The Morgan fingerprint density at radius 1 is 1.47 bits per heavy atom. The largest absolute Gasteiger partial charge is 0.329 e. The summed E-state index contributed by atoms with van der Waals surface area (Å²) in [5, 5.41) is 1.58. The van der Waals surface area contributed by atoms with E-state index in [1.54, 1.807) is 6.33 Å². The second kappa shape index (κ2) is 4.10. The normalized spacial score (nSPS) is 11.5. The van der Waals surface area contributed by atoms with Crippen LogP contribution in [0.3, 0.4) is 0 Å². The molecule has 0 radical (unpaired) electrons. The number of H-pyrrole nitrogens is 1. The summed E-state index contributed by atoms with van der Waals surface area (Å²) in [6.07, 6.45) is 2.49. The highest BCUT2D eigenvalue weighted by molar-refractivity contribution is 9.10. The zero-order valence-corrected chi connectivity index (χ0v) is 10.9. The molecule has 2 heterocycles. The van der Waals surface area contributed by atoms with Crippen LogP contribution in [-0.2, 0) is 6.42 Å². The Bertz CT molecular complexity index is 493. The second-order valence-corrected chi connectivity index (χ2v) is 5.07. The van der Waals surface area contributed by atoms with Crippen LogP contribution in [0.5, 0.6) is 0 Å². The number of hydrogen-bond acceptors (Lipinski definition) is 2. The van der Waals surface area contributed by atoms with E-state index in [0.717, 1.165) is 27.6 Å². The Kier molecular flexibility index (Phi) is 2.98. The van der Waals surface area contributed by atoms with Gasteiger partial charge in [0.2, 0.25) is 0 Å². The van der Waals surface area contributed by atoms with Crippen molar-refractivity contribution >= 4 is 38.6 Å². The SMILES string of the molecule is CC(C)Cc1ncnc2[nH]c(Cl)c(Br)c12. The maximum absolute atomic E-state index is 5.99. The Balaban J connectivity index is 2.63. The summed E-state index contributed by atoms with van der Waals surface area (Å²) in [6.45, 7) is 4.33. The molecular weight excluding hydrogens is 277 g/mol. The summed E-state index contributed by atoms with van der Waals surface area (Å²) in [5.41, 5.74) is 1.82. The van der Waals surface area contributed by atoms with Crippen molar-refractivity contribution in [2.75, 3.05) is 0 Å². The summed E-state index contributed by atoms with van der Waals surface area (Å²) in [7, 11) is 0. The molecule has 0 saturated heterocycles. The van der Waals surface area contributed by atoms with Crippen molar-refractivity contribution in [3.63, 3.8) is 0 Å². The lowest BCUT2D eigenvalue weighted by molar-refractivity contribution is 0.638. The molecule has 0 amide bonds. The first-order valence-corrected chi connectivity index (χ1v) is 5.93. The standard InChI is InChI=1S/C10H11BrClN3/c1-5(2)3-6-7-8(11)9(12)15-10(7)14-4-13-6/h4-5H,3H2,1-2H3,(H,13,14,15). The van der Waals surface area contributed by atoms with Crippen molar-refractivity contribution in [3.8, 4) is 0 Å². The Morgan fingerprint density at radius 3 is 2.87 bits per heavy atom. The Hall–Kier alpha value is -0.610. The monoisotopic (exact) mass is 287 g/mol. The van der Waals surface area contributed by atoms with Crippen molar-refractivity contribution in [2.45, 2.75) is 20.3 Å². The van der Waals surface area contributed by atoms with Crippen LogP contribution in [0.25, 0.3) is 11.0 Å². The predicted octanol–water partition coefficient (Wildman–Crippen LogP) is 3.57. The molecule has 2 aromatic heterocycles. The van der Waals surface area contributed by atoms with Gasteiger partial charge in [0.25, 0.3) is 0 Å². The van der Waals surface area contributed by atoms with Gasteiger partial charge in [-0.05, 0) is 28.3 Å². The van der Waals surface area contributed by atoms with Crippen LogP contribution >= 0.6 is 27.5 Å². The summed E-state index contributed by atoms with van der Waals surface area (Å²) in [4.78, 5) is 11.5. The number of aromatic nitrogens is 3. The number of aromatic amines is 1.